The monoisotopic (exact) mass is 525 g/mol. The first-order valence-corrected chi connectivity index (χ1v) is 13.2. The average Bonchev–Trinajstić information content (AvgIpc) is 3.48. The molecule has 0 radical (unpaired) electrons. The molecule has 39 heavy (non-hydrogen) atoms. The number of fused-ring (bicyclic) bond motifs is 4. The first kappa shape index (κ1) is 23.8. The minimum absolute atomic E-state index is 0.126. The molecule has 5 heterocycles. The van der Waals surface area contributed by atoms with Crippen LogP contribution in [0.3, 0.4) is 0 Å². The number of hydrogen-bond acceptors (Lipinski definition) is 8. The van der Waals surface area contributed by atoms with Gasteiger partial charge in [0.05, 0.1) is 34.8 Å². The van der Waals surface area contributed by atoms with Crippen LogP contribution in [-0.4, -0.2) is 42.7 Å². The second-order valence-electron chi connectivity index (χ2n) is 10.4. The van der Waals surface area contributed by atoms with Gasteiger partial charge >= 0.3 is 0 Å². The van der Waals surface area contributed by atoms with E-state index in [4.69, 9.17) is 9.47 Å². The van der Waals surface area contributed by atoms with Crippen molar-refractivity contribution in [3.05, 3.63) is 66.6 Å². The van der Waals surface area contributed by atoms with Gasteiger partial charge in [0.1, 0.15) is 29.7 Å². The fourth-order valence-electron chi connectivity index (χ4n) is 5.68. The molecule has 1 unspecified atom stereocenters. The highest BCUT2D eigenvalue weighted by atomic mass is 19.1. The fraction of sp³-hybridized carbons (Fsp3) is 0.310. The molecule has 9 nitrogen and oxygen atoms in total. The van der Waals surface area contributed by atoms with Gasteiger partial charge in [-0.25, -0.2) is 24.3 Å². The van der Waals surface area contributed by atoms with Crippen LogP contribution in [0.5, 0.6) is 17.4 Å². The smallest absolute Gasteiger partial charge is 0.214 e. The number of pyridine rings is 1. The summed E-state index contributed by atoms with van der Waals surface area (Å²) in [6.45, 7) is 1.69. The van der Waals surface area contributed by atoms with Gasteiger partial charge in [0.2, 0.25) is 5.88 Å². The van der Waals surface area contributed by atoms with Crippen molar-refractivity contribution < 1.29 is 13.9 Å². The van der Waals surface area contributed by atoms with Crippen LogP contribution in [0.15, 0.2) is 55.2 Å². The summed E-state index contributed by atoms with van der Waals surface area (Å²) < 4.78 is 29.7. The summed E-state index contributed by atoms with van der Waals surface area (Å²) in [6.07, 6.45) is 9.33. The van der Waals surface area contributed by atoms with Gasteiger partial charge in [0, 0.05) is 42.2 Å². The third-order valence-corrected chi connectivity index (χ3v) is 7.73. The molecular formula is C29H28FN7O2. The van der Waals surface area contributed by atoms with E-state index in [0.29, 0.717) is 51.7 Å². The van der Waals surface area contributed by atoms with Crippen molar-refractivity contribution in [2.45, 2.75) is 50.8 Å². The lowest BCUT2D eigenvalue weighted by atomic mass is 10.0. The van der Waals surface area contributed by atoms with Crippen molar-refractivity contribution in [1.82, 2.24) is 29.8 Å². The number of imidazole rings is 1. The molecule has 2 aliphatic heterocycles. The molecule has 0 aliphatic carbocycles. The van der Waals surface area contributed by atoms with Crippen LogP contribution >= 0.6 is 0 Å². The first-order valence-electron chi connectivity index (χ1n) is 13.2. The van der Waals surface area contributed by atoms with Crippen molar-refractivity contribution in [3.8, 4) is 17.4 Å². The lowest BCUT2D eigenvalue weighted by Gasteiger charge is -2.29. The predicted octanol–water partition coefficient (Wildman–Crippen LogP) is 5.56. The van der Waals surface area contributed by atoms with Gasteiger partial charge in [-0.05, 0) is 56.9 Å². The molecule has 2 aromatic carbocycles. The molecule has 0 amide bonds. The molecule has 3 atom stereocenters. The van der Waals surface area contributed by atoms with Gasteiger partial charge in [0.15, 0.2) is 5.82 Å². The fourth-order valence-corrected chi connectivity index (χ4v) is 5.68. The van der Waals surface area contributed by atoms with E-state index >= 15 is 4.39 Å². The van der Waals surface area contributed by atoms with E-state index in [9.17, 15) is 0 Å². The number of nitrogens with zero attached hydrogens (tertiary/aromatic N) is 5. The maximum absolute atomic E-state index is 15.5. The van der Waals surface area contributed by atoms with Gasteiger partial charge < -0.3 is 24.7 Å². The molecule has 2 saturated heterocycles. The second kappa shape index (κ2) is 9.46. The number of nitrogens with one attached hydrogen (secondary N) is 2. The Hall–Kier alpha value is -4.31. The van der Waals surface area contributed by atoms with Crippen LogP contribution in [0, 0.1) is 12.7 Å². The zero-order chi connectivity index (χ0) is 26.5. The molecular weight excluding hydrogens is 497 g/mol. The van der Waals surface area contributed by atoms with Crippen LogP contribution in [0.1, 0.15) is 31.2 Å². The number of halogens is 1. The summed E-state index contributed by atoms with van der Waals surface area (Å²) >= 11 is 0. The molecule has 3 aromatic heterocycles. The number of piperidine rings is 1. The van der Waals surface area contributed by atoms with E-state index in [2.05, 4.69) is 30.6 Å². The zero-order valence-corrected chi connectivity index (χ0v) is 21.7. The van der Waals surface area contributed by atoms with Crippen LogP contribution < -0.4 is 20.1 Å². The molecule has 10 heteroatoms. The Balaban J connectivity index is 1.13. The minimum atomic E-state index is -0.422. The maximum atomic E-state index is 15.5. The van der Waals surface area contributed by atoms with Crippen LogP contribution in [0.4, 0.5) is 15.9 Å². The minimum Gasteiger partial charge on any atom is -0.474 e. The zero-order valence-electron chi connectivity index (χ0n) is 21.7. The van der Waals surface area contributed by atoms with Gasteiger partial charge in [0.25, 0.3) is 0 Å². The molecule has 0 spiro atoms. The highest BCUT2D eigenvalue weighted by Crippen LogP contribution is 2.35. The molecule has 0 saturated carbocycles. The molecule has 5 aromatic rings. The van der Waals surface area contributed by atoms with E-state index in [0.717, 1.165) is 23.9 Å². The normalized spacial score (nSPS) is 20.4. The summed E-state index contributed by atoms with van der Waals surface area (Å²) in [4.78, 5) is 17.6. The largest absolute Gasteiger partial charge is 0.474 e. The number of aromatic nitrogens is 5. The van der Waals surface area contributed by atoms with Gasteiger partial charge in [-0.15, -0.1) is 0 Å². The summed E-state index contributed by atoms with van der Waals surface area (Å²) in [5.41, 5.74) is 3.12. The SMILES string of the molecule is Cc1c(Oc2ccc3c(c2)ncn3C)ccc(Nc2ncnc3cnc(OC4C[C@H]5CC[C@@H](C4)N5)cc23)c1F. The quantitative estimate of drug-likeness (QED) is 0.297. The van der Waals surface area contributed by atoms with Crippen molar-refractivity contribution >= 4 is 33.4 Å². The summed E-state index contributed by atoms with van der Waals surface area (Å²) in [5.74, 6) is 1.60. The number of aryl methyl sites for hydroxylation is 1. The van der Waals surface area contributed by atoms with Crippen molar-refractivity contribution in [2.75, 3.05) is 5.32 Å². The van der Waals surface area contributed by atoms with E-state index < -0.39 is 5.82 Å². The Kier molecular flexibility index (Phi) is 5.77. The van der Waals surface area contributed by atoms with E-state index in [1.54, 1.807) is 31.6 Å². The predicted molar refractivity (Wildman–Crippen MR) is 146 cm³/mol. The Morgan fingerprint density at radius 2 is 1.85 bits per heavy atom. The molecule has 2 aliphatic rings. The number of hydrogen-bond donors (Lipinski definition) is 2. The highest BCUT2D eigenvalue weighted by Gasteiger charge is 2.34. The summed E-state index contributed by atoms with van der Waals surface area (Å²) in [6, 6.07) is 11.9. The Bertz CT molecular complexity index is 1690. The lowest BCUT2D eigenvalue weighted by Crippen LogP contribution is -2.42. The standard InChI is InChI=1S/C29H28FN7O2/c1-16-26(38-19-5-7-25-23(11-19)34-15-37(25)2)8-6-22(28(16)30)36-29-21-12-27(31-13-24(21)32-14-33-29)39-20-9-17-3-4-18(10-20)35-17/h5-8,11-15,17-18,20,35H,3-4,9-10H2,1-2H3,(H,32,33,36)/t17-,18+,20?. The van der Waals surface area contributed by atoms with Crippen LogP contribution in [-0.2, 0) is 7.05 Å². The lowest BCUT2D eigenvalue weighted by molar-refractivity contribution is 0.132. The van der Waals surface area contributed by atoms with Gasteiger partial charge in [-0.3, -0.25) is 0 Å². The molecule has 2 N–H and O–H groups in total. The molecule has 2 fully saturated rings. The van der Waals surface area contributed by atoms with Crippen LogP contribution in [0.25, 0.3) is 21.9 Å². The molecule has 198 valence electrons. The molecule has 7 rings (SSSR count). The van der Waals surface area contributed by atoms with Crippen molar-refractivity contribution in [2.24, 2.45) is 7.05 Å². The summed E-state index contributed by atoms with van der Waals surface area (Å²) in [5, 5.41) is 7.48. The van der Waals surface area contributed by atoms with Crippen LogP contribution in [0.2, 0.25) is 0 Å². The average molecular weight is 526 g/mol. The van der Waals surface area contributed by atoms with E-state index in [-0.39, 0.29) is 11.8 Å². The highest BCUT2D eigenvalue weighted by molar-refractivity contribution is 5.90. The Morgan fingerprint density at radius 3 is 2.69 bits per heavy atom. The Morgan fingerprint density at radius 1 is 1.00 bits per heavy atom. The third-order valence-electron chi connectivity index (χ3n) is 7.73. The summed E-state index contributed by atoms with van der Waals surface area (Å²) in [7, 11) is 1.93. The number of anilines is 2. The van der Waals surface area contributed by atoms with Gasteiger partial charge in [-0.1, -0.05) is 0 Å². The number of benzene rings is 2. The second-order valence-corrected chi connectivity index (χ2v) is 10.4. The van der Waals surface area contributed by atoms with E-state index in [1.165, 1.54) is 19.2 Å². The topological polar surface area (TPSA) is 99.0 Å². The number of rotatable bonds is 6. The molecule has 2 bridgehead atoms. The Labute approximate surface area is 224 Å². The van der Waals surface area contributed by atoms with Crippen molar-refractivity contribution in [1.29, 1.82) is 0 Å². The maximum Gasteiger partial charge on any atom is 0.214 e. The third kappa shape index (κ3) is 4.50. The first-order chi connectivity index (χ1) is 19.0. The van der Waals surface area contributed by atoms with Crippen molar-refractivity contribution in [3.63, 3.8) is 0 Å². The van der Waals surface area contributed by atoms with E-state index in [1.807, 2.05) is 35.9 Å². The number of ether oxygens (including phenoxy) is 2. The van der Waals surface area contributed by atoms with Gasteiger partial charge in [-0.2, -0.15) is 0 Å².